The van der Waals surface area contributed by atoms with Crippen LogP contribution in [0.2, 0.25) is 0 Å². The van der Waals surface area contributed by atoms with Crippen molar-refractivity contribution >= 4 is 12.4 Å². The molecule has 1 heterocycles. The number of halogens is 3. The zero-order valence-electron chi connectivity index (χ0n) is 14.6. The lowest BCUT2D eigenvalue weighted by Crippen LogP contribution is -2.61. The highest BCUT2D eigenvalue weighted by Gasteiger charge is 2.39. The first-order chi connectivity index (χ1) is 11.6. The molecule has 25 heavy (non-hydrogen) atoms. The molecule has 0 amide bonds. The number of piperazine rings is 1. The summed E-state index contributed by atoms with van der Waals surface area (Å²) in [6.45, 7) is 0.877. The van der Waals surface area contributed by atoms with Crippen molar-refractivity contribution in [3.8, 4) is 11.5 Å². The van der Waals surface area contributed by atoms with Crippen LogP contribution >= 0.6 is 12.4 Å². The Labute approximate surface area is 154 Å². The molecule has 4 nitrogen and oxygen atoms in total. The predicted molar refractivity (Wildman–Crippen MR) is 96.0 cm³/mol. The van der Waals surface area contributed by atoms with Crippen LogP contribution in [0, 0.1) is 0 Å². The lowest BCUT2D eigenvalue weighted by Gasteiger charge is -2.50. The smallest absolute Gasteiger partial charge is 0.387 e. The van der Waals surface area contributed by atoms with E-state index in [4.69, 9.17) is 4.74 Å². The summed E-state index contributed by atoms with van der Waals surface area (Å²) in [6, 6.07) is 5.34. The fourth-order valence-electron chi connectivity index (χ4n) is 4.06. The number of alkyl halides is 2. The Morgan fingerprint density at radius 2 is 1.96 bits per heavy atom. The Morgan fingerprint density at radius 3 is 2.64 bits per heavy atom. The molecule has 0 radical (unpaired) electrons. The van der Waals surface area contributed by atoms with Crippen LogP contribution in [0.4, 0.5) is 8.78 Å². The van der Waals surface area contributed by atoms with Gasteiger partial charge in [0.2, 0.25) is 0 Å². The molecular formula is C18H27ClF2N2O2. The third kappa shape index (κ3) is 4.74. The summed E-state index contributed by atoms with van der Waals surface area (Å²) >= 11 is 0. The van der Waals surface area contributed by atoms with Gasteiger partial charge in [0.25, 0.3) is 0 Å². The molecule has 3 rings (SSSR count). The lowest BCUT2D eigenvalue weighted by atomic mass is 9.79. The molecule has 142 valence electrons. The Balaban J connectivity index is 0.00000225. The van der Waals surface area contributed by atoms with Crippen LogP contribution in [-0.4, -0.2) is 43.8 Å². The Kier molecular flexibility index (Phi) is 7.28. The van der Waals surface area contributed by atoms with Gasteiger partial charge in [-0.2, -0.15) is 8.78 Å². The molecule has 0 atom stereocenters. The van der Waals surface area contributed by atoms with Gasteiger partial charge in [-0.15, -0.1) is 12.4 Å². The third-order valence-corrected chi connectivity index (χ3v) is 5.29. The average Bonchev–Trinajstić information content (AvgIpc) is 2.58. The van der Waals surface area contributed by atoms with Gasteiger partial charge in [-0.25, -0.2) is 0 Å². The van der Waals surface area contributed by atoms with Crippen LogP contribution in [0.1, 0.15) is 37.7 Å². The van der Waals surface area contributed by atoms with Crippen LogP contribution in [-0.2, 0) is 6.54 Å². The van der Waals surface area contributed by atoms with E-state index in [-0.39, 0.29) is 23.7 Å². The summed E-state index contributed by atoms with van der Waals surface area (Å²) in [5, 5.41) is 3.53. The Bertz CT molecular complexity index is 546. The lowest BCUT2D eigenvalue weighted by molar-refractivity contribution is -0.0513. The molecule has 1 aliphatic carbocycles. The summed E-state index contributed by atoms with van der Waals surface area (Å²) in [5.41, 5.74) is 1.19. The van der Waals surface area contributed by atoms with Crippen LogP contribution < -0.4 is 14.8 Å². The van der Waals surface area contributed by atoms with Gasteiger partial charge in [-0.05, 0) is 30.5 Å². The molecule has 0 aromatic heterocycles. The van der Waals surface area contributed by atoms with Crippen molar-refractivity contribution in [3.05, 3.63) is 23.8 Å². The molecule has 2 aliphatic rings. The van der Waals surface area contributed by atoms with Crippen LogP contribution in [0.5, 0.6) is 11.5 Å². The molecule has 1 aromatic rings. The van der Waals surface area contributed by atoms with E-state index in [0.29, 0.717) is 5.75 Å². The second-order valence-electron chi connectivity index (χ2n) is 6.75. The van der Waals surface area contributed by atoms with Gasteiger partial charge in [-0.1, -0.05) is 25.3 Å². The molecule has 7 heteroatoms. The van der Waals surface area contributed by atoms with Crippen molar-refractivity contribution in [2.24, 2.45) is 0 Å². The van der Waals surface area contributed by atoms with Crippen molar-refractivity contribution < 1.29 is 18.3 Å². The minimum atomic E-state index is -2.85. The number of methoxy groups -OCH3 is 1. The molecule has 0 unspecified atom stereocenters. The third-order valence-electron chi connectivity index (χ3n) is 5.29. The first-order valence-electron chi connectivity index (χ1n) is 8.70. The number of nitrogens with one attached hydrogen (secondary N) is 1. The van der Waals surface area contributed by atoms with E-state index in [0.717, 1.165) is 31.7 Å². The van der Waals surface area contributed by atoms with Gasteiger partial charge in [0, 0.05) is 31.7 Å². The predicted octanol–water partition coefficient (Wildman–Crippen LogP) is 3.83. The molecule has 1 saturated carbocycles. The summed E-state index contributed by atoms with van der Waals surface area (Å²) in [6.07, 6.45) is 6.25. The highest BCUT2D eigenvalue weighted by Crippen LogP contribution is 2.36. The number of hydrogen-bond acceptors (Lipinski definition) is 4. The molecule has 1 aliphatic heterocycles. The maximum Gasteiger partial charge on any atom is 0.387 e. The largest absolute Gasteiger partial charge is 0.493 e. The minimum absolute atomic E-state index is 0. The van der Waals surface area contributed by atoms with Gasteiger partial charge in [0.1, 0.15) is 0 Å². The zero-order chi connectivity index (χ0) is 17.0. The van der Waals surface area contributed by atoms with E-state index >= 15 is 0 Å². The second-order valence-corrected chi connectivity index (χ2v) is 6.75. The SMILES string of the molecule is COc1ccc(CN2CCNCC23CCCCC3)cc1OC(F)F.Cl. The minimum Gasteiger partial charge on any atom is -0.493 e. The first-order valence-corrected chi connectivity index (χ1v) is 8.70. The van der Waals surface area contributed by atoms with Crippen LogP contribution in [0.15, 0.2) is 18.2 Å². The van der Waals surface area contributed by atoms with Gasteiger partial charge >= 0.3 is 6.61 Å². The standard InChI is InChI=1S/C18H26F2N2O2.ClH/c1-23-15-6-5-14(11-16(15)24-17(19)20)12-22-10-9-21-13-18(22)7-3-2-4-8-18;/h5-6,11,17,21H,2-4,7-10,12-13H2,1H3;1H. The summed E-state index contributed by atoms with van der Waals surface area (Å²) in [4.78, 5) is 2.52. The fourth-order valence-corrected chi connectivity index (χ4v) is 4.06. The van der Waals surface area contributed by atoms with Gasteiger partial charge in [0.05, 0.1) is 7.11 Å². The molecule has 1 aromatic carbocycles. The van der Waals surface area contributed by atoms with Gasteiger partial charge in [-0.3, -0.25) is 4.90 Å². The van der Waals surface area contributed by atoms with Crippen molar-refractivity contribution in [3.63, 3.8) is 0 Å². The van der Waals surface area contributed by atoms with Crippen molar-refractivity contribution in [1.82, 2.24) is 10.2 Å². The van der Waals surface area contributed by atoms with Gasteiger partial charge in [0.15, 0.2) is 11.5 Å². The molecular weight excluding hydrogens is 350 g/mol. The van der Waals surface area contributed by atoms with E-state index in [1.165, 1.54) is 39.2 Å². The Hall–Kier alpha value is -1.11. The summed E-state index contributed by atoms with van der Waals surface area (Å²) in [7, 11) is 1.46. The molecule has 0 bridgehead atoms. The molecule has 1 spiro atoms. The fraction of sp³-hybridized carbons (Fsp3) is 0.667. The van der Waals surface area contributed by atoms with Crippen molar-refractivity contribution in [1.29, 1.82) is 0 Å². The van der Waals surface area contributed by atoms with Crippen LogP contribution in [0.3, 0.4) is 0 Å². The van der Waals surface area contributed by atoms with E-state index in [1.54, 1.807) is 12.1 Å². The second kappa shape index (κ2) is 9.01. The zero-order valence-corrected chi connectivity index (χ0v) is 15.4. The number of benzene rings is 1. The van der Waals surface area contributed by atoms with Crippen molar-refractivity contribution in [2.75, 3.05) is 26.7 Å². The topological polar surface area (TPSA) is 33.7 Å². The van der Waals surface area contributed by atoms with Crippen LogP contribution in [0.25, 0.3) is 0 Å². The summed E-state index contributed by atoms with van der Waals surface area (Å²) in [5.74, 6) is 0.449. The maximum absolute atomic E-state index is 12.6. The highest BCUT2D eigenvalue weighted by atomic mass is 35.5. The Morgan fingerprint density at radius 1 is 1.20 bits per heavy atom. The van der Waals surface area contributed by atoms with E-state index in [9.17, 15) is 8.78 Å². The molecule has 1 N–H and O–H groups in total. The molecule has 1 saturated heterocycles. The van der Waals surface area contributed by atoms with E-state index < -0.39 is 6.61 Å². The average molecular weight is 377 g/mol. The quantitative estimate of drug-likeness (QED) is 0.846. The normalized spacial score (nSPS) is 20.3. The monoisotopic (exact) mass is 376 g/mol. The summed E-state index contributed by atoms with van der Waals surface area (Å²) < 4.78 is 35.0. The van der Waals surface area contributed by atoms with E-state index in [2.05, 4.69) is 15.0 Å². The van der Waals surface area contributed by atoms with E-state index in [1.807, 2.05) is 6.07 Å². The van der Waals surface area contributed by atoms with Gasteiger partial charge < -0.3 is 14.8 Å². The maximum atomic E-state index is 12.6. The highest BCUT2D eigenvalue weighted by molar-refractivity contribution is 5.85. The number of hydrogen-bond donors (Lipinski definition) is 1. The number of ether oxygens (including phenoxy) is 2. The molecule has 2 fully saturated rings. The van der Waals surface area contributed by atoms with Crippen molar-refractivity contribution in [2.45, 2.75) is 50.8 Å². The first kappa shape index (κ1) is 20.2. The number of nitrogens with zero attached hydrogens (tertiary/aromatic N) is 1. The number of rotatable bonds is 5.